The molecule has 0 saturated carbocycles. The molecular weight excluding hydrogens is 214 g/mol. The van der Waals surface area contributed by atoms with E-state index in [0.717, 1.165) is 18.5 Å². The lowest BCUT2D eigenvalue weighted by Gasteiger charge is -2.34. The molecule has 0 radical (unpaired) electrons. The van der Waals surface area contributed by atoms with E-state index in [9.17, 15) is 5.11 Å². The van der Waals surface area contributed by atoms with Crippen molar-refractivity contribution in [3.05, 3.63) is 35.9 Å². The summed E-state index contributed by atoms with van der Waals surface area (Å²) in [6, 6.07) is 10.4. The van der Waals surface area contributed by atoms with Gasteiger partial charge in [-0.2, -0.15) is 0 Å². The summed E-state index contributed by atoms with van der Waals surface area (Å²) in [5.41, 5.74) is 1.14. The molecule has 0 aromatic heterocycles. The first kappa shape index (κ1) is 12.6. The number of benzene rings is 1. The monoisotopic (exact) mass is 235 g/mol. The smallest absolute Gasteiger partial charge is 0.162 e. The van der Waals surface area contributed by atoms with E-state index >= 15 is 0 Å². The van der Waals surface area contributed by atoms with Gasteiger partial charge in [0.2, 0.25) is 0 Å². The van der Waals surface area contributed by atoms with Gasteiger partial charge in [0.05, 0.1) is 5.92 Å². The second-order valence-corrected chi connectivity index (χ2v) is 4.62. The highest BCUT2D eigenvalue weighted by Crippen LogP contribution is 2.28. The van der Waals surface area contributed by atoms with Gasteiger partial charge in [0.15, 0.2) is 6.29 Å². The van der Waals surface area contributed by atoms with Crippen molar-refractivity contribution in [1.29, 1.82) is 0 Å². The Hall–Kier alpha value is -0.900. The molecule has 3 unspecified atom stereocenters. The molecule has 1 saturated heterocycles. The van der Waals surface area contributed by atoms with Crippen molar-refractivity contribution in [1.82, 2.24) is 5.32 Å². The lowest BCUT2D eigenvalue weighted by atomic mass is 9.86. The summed E-state index contributed by atoms with van der Waals surface area (Å²) in [5, 5.41) is 13.6. The van der Waals surface area contributed by atoms with Gasteiger partial charge in [0.25, 0.3) is 0 Å². The second-order valence-electron chi connectivity index (χ2n) is 4.62. The van der Waals surface area contributed by atoms with Gasteiger partial charge in [-0.05, 0) is 24.9 Å². The summed E-state index contributed by atoms with van der Waals surface area (Å²) in [4.78, 5) is 0. The van der Waals surface area contributed by atoms with Crippen LogP contribution in [-0.2, 0) is 4.74 Å². The number of piperidine rings is 1. The van der Waals surface area contributed by atoms with Crippen LogP contribution in [0.15, 0.2) is 30.3 Å². The number of aliphatic hydroxyl groups is 1. The number of hydrogen-bond acceptors (Lipinski definition) is 3. The van der Waals surface area contributed by atoms with Crippen LogP contribution in [0.25, 0.3) is 0 Å². The molecular formula is C14H21NO2. The minimum atomic E-state index is -0.743. The van der Waals surface area contributed by atoms with Crippen LogP contribution in [0.2, 0.25) is 0 Å². The van der Waals surface area contributed by atoms with E-state index in [1.807, 2.05) is 18.2 Å². The Morgan fingerprint density at radius 2 is 2.06 bits per heavy atom. The molecule has 1 fully saturated rings. The molecule has 0 bridgehead atoms. The molecule has 2 N–H and O–H groups in total. The Morgan fingerprint density at radius 1 is 1.29 bits per heavy atom. The lowest BCUT2D eigenvalue weighted by Crippen LogP contribution is -2.43. The number of rotatable bonds is 4. The molecule has 0 aliphatic carbocycles. The fraction of sp³-hybridized carbons (Fsp3) is 0.571. The Balaban J connectivity index is 2.18. The molecule has 3 atom stereocenters. The minimum Gasteiger partial charge on any atom is -0.367 e. The fourth-order valence-electron chi connectivity index (χ4n) is 2.60. The first-order valence-electron chi connectivity index (χ1n) is 6.32. The van der Waals surface area contributed by atoms with Crippen molar-refractivity contribution >= 4 is 0 Å². The van der Waals surface area contributed by atoms with E-state index in [4.69, 9.17) is 4.74 Å². The van der Waals surface area contributed by atoms with E-state index in [-0.39, 0.29) is 5.92 Å². The largest absolute Gasteiger partial charge is 0.367 e. The Labute approximate surface area is 103 Å². The third-order valence-corrected chi connectivity index (χ3v) is 3.52. The Bertz CT molecular complexity index is 322. The third kappa shape index (κ3) is 3.06. The van der Waals surface area contributed by atoms with E-state index in [2.05, 4.69) is 17.4 Å². The van der Waals surface area contributed by atoms with Crippen molar-refractivity contribution in [2.45, 2.75) is 37.5 Å². The molecule has 3 nitrogen and oxygen atoms in total. The molecule has 0 amide bonds. The molecule has 1 aromatic rings. The van der Waals surface area contributed by atoms with Gasteiger partial charge < -0.3 is 15.2 Å². The first-order chi connectivity index (χ1) is 8.33. The summed E-state index contributed by atoms with van der Waals surface area (Å²) in [6.07, 6.45) is 2.80. The zero-order valence-electron chi connectivity index (χ0n) is 10.3. The van der Waals surface area contributed by atoms with Crippen LogP contribution in [0.3, 0.4) is 0 Å². The van der Waals surface area contributed by atoms with Gasteiger partial charge >= 0.3 is 0 Å². The first-order valence-corrected chi connectivity index (χ1v) is 6.32. The average molecular weight is 235 g/mol. The van der Waals surface area contributed by atoms with Crippen molar-refractivity contribution in [3.63, 3.8) is 0 Å². The summed E-state index contributed by atoms with van der Waals surface area (Å²) in [7, 11) is 1.56. The van der Waals surface area contributed by atoms with Gasteiger partial charge in [-0.1, -0.05) is 36.8 Å². The highest BCUT2D eigenvalue weighted by atomic mass is 16.6. The molecule has 1 aliphatic rings. The van der Waals surface area contributed by atoms with Gasteiger partial charge in [-0.15, -0.1) is 0 Å². The van der Waals surface area contributed by atoms with Crippen LogP contribution < -0.4 is 5.32 Å². The normalized spacial score (nSPS) is 24.2. The molecule has 17 heavy (non-hydrogen) atoms. The number of methoxy groups -OCH3 is 1. The van der Waals surface area contributed by atoms with Gasteiger partial charge in [-0.3, -0.25) is 0 Å². The molecule has 94 valence electrons. The van der Waals surface area contributed by atoms with E-state index < -0.39 is 6.29 Å². The van der Waals surface area contributed by atoms with Crippen molar-refractivity contribution in [2.75, 3.05) is 13.7 Å². The molecule has 1 aliphatic heterocycles. The van der Waals surface area contributed by atoms with Crippen LogP contribution in [0.5, 0.6) is 0 Å². The molecule has 2 rings (SSSR count). The minimum absolute atomic E-state index is 0.0153. The molecule has 1 heterocycles. The Morgan fingerprint density at radius 3 is 2.65 bits per heavy atom. The maximum atomic E-state index is 10.1. The van der Waals surface area contributed by atoms with E-state index in [1.165, 1.54) is 12.8 Å². The summed E-state index contributed by atoms with van der Waals surface area (Å²) >= 11 is 0. The highest BCUT2D eigenvalue weighted by molar-refractivity contribution is 5.22. The average Bonchev–Trinajstić information content (AvgIpc) is 2.41. The quantitative estimate of drug-likeness (QED) is 0.783. The van der Waals surface area contributed by atoms with E-state index in [0.29, 0.717) is 6.04 Å². The summed E-state index contributed by atoms with van der Waals surface area (Å²) in [5.74, 6) is 0.0153. The number of hydrogen-bond donors (Lipinski definition) is 2. The standard InChI is InChI=1S/C14H21NO2/c1-17-14(16)13(11-7-3-2-4-8-11)12-9-5-6-10-15-12/h2-4,7-8,12-16H,5-6,9-10H2,1H3. The molecule has 3 heteroatoms. The lowest BCUT2D eigenvalue weighted by molar-refractivity contribution is -0.0995. The second kappa shape index (κ2) is 6.15. The number of aliphatic hydroxyl groups excluding tert-OH is 1. The maximum Gasteiger partial charge on any atom is 0.162 e. The number of nitrogens with one attached hydrogen (secondary N) is 1. The summed E-state index contributed by atoms with van der Waals surface area (Å²) < 4.78 is 5.14. The topological polar surface area (TPSA) is 41.5 Å². The maximum absolute atomic E-state index is 10.1. The van der Waals surface area contributed by atoms with Crippen LogP contribution in [0, 0.1) is 0 Å². The van der Waals surface area contributed by atoms with Crippen LogP contribution in [0.1, 0.15) is 30.7 Å². The van der Waals surface area contributed by atoms with E-state index in [1.54, 1.807) is 7.11 Å². The van der Waals surface area contributed by atoms with Crippen LogP contribution in [-0.4, -0.2) is 31.1 Å². The van der Waals surface area contributed by atoms with Crippen molar-refractivity contribution in [2.24, 2.45) is 0 Å². The van der Waals surface area contributed by atoms with Gasteiger partial charge in [0, 0.05) is 13.2 Å². The predicted octanol–water partition coefficient (Wildman–Crippen LogP) is 1.88. The fourth-order valence-corrected chi connectivity index (χ4v) is 2.60. The zero-order valence-corrected chi connectivity index (χ0v) is 10.3. The molecule has 0 spiro atoms. The van der Waals surface area contributed by atoms with Gasteiger partial charge in [0.1, 0.15) is 0 Å². The summed E-state index contributed by atoms with van der Waals surface area (Å²) in [6.45, 7) is 1.03. The SMILES string of the molecule is COC(O)C(c1ccccc1)C1CCCCN1. The predicted molar refractivity (Wildman–Crippen MR) is 67.8 cm³/mol. The molecule has 1 aromatic carbocycles. The van der Waals surface area contributed by atoms with Crippen molar-refractivity contribution < 1.29 is 9.84 Å². The third-order valence-electron chi connectivity index (χ3n) is 3.52. The van der Waals surface area contributed by atoms with Crippen molar-refractivity contribution in [3.8, 4) is 0 Å². The van der Waals surface area contributed by atoms with Crippen LogP contribution in [0.4, 0.5) is 0 Å². The van der Waals surface area contributed by atoms with Gasteiger partial charge in [-0.25, -0.2) is 0 Å². The Kier molecular flexibility index (Phi) is 4.54. The van der Waals surface area contributed by atoms with Crippen LogP contribution >= 0.6 is 0 Å². The highest BCUT2D eigenvalue weighted by Gasteiger charge is 2.30. The zero-order chi connectivity index (χ0) is 12.1. The number of ether oxygens (including phenoxy) is 1.